The van der Waals surface area contributed by atoms with Crippen molar-refractivity contribution in [2.24, 2.45) is 5.11 Å². The second-order valence-electron chi connectivity index (χ2n) is 2.29. The molecule has 0 aliphatic carbocycles. The Kier molecular flexibility index (Phi) is 3.61. The van der Waals surface area contributed by atoms with Gasteiger partial charge in [-0.3, -0.25) is 0 Å². The topological polar surface area (TPSA) is 62.5 Å². The highest BCUT2D eigenvalue weighted by atomic mass is 16.5. The average Bonchev–Trinajstić information content (AvgIpc) is 1.85. The Morgan fingerprint density at radius 1 is 1.50 bits per heavy atom. The maximum Gasteiger partial charge on any atom is 0.332 e. The zero-order valence-corrected chi connectivity index (χ0v) is 6.42. The smallest absolute Gasteiger partial charge is 0.332 e. The molecule has 0 aromatic heterocycles. The second kappa shape index (κ2) is 3.98. The molecule has 0 aliphatic heterocycles. The normalized spacial score (nSPS) is 12.8. The number of ether oxygens (including phenoxy) is 1. The first kappa shape index (κ1) is 9.07. The Labute approximate surface area is 60.1 Å². The van der Waals surface area contributed by atoms with E-state index in [1.54, 1.807) is 13.8 Å². The van der Waals surface area contributed by atoms with Gasteiger partial charge in [-0.2, -0.15) is 5.11 Å². The van der Waals surface area contributed by atoms with Gasteiger partial charge in [0.1, 0.15) is 0 Å². The Hall–Kier alpha value is -0.930. The maximum atomic E-state index is 10.7. The van der Waals surface area contributed by atoms with E-state index in [0.717, 1.165) is 0 Å². The molecule has 0 aromatic carbocycles. The fourth-order valence-electron chi connectivity index (χ4n) is 0.383. The van der Waals surface area contributed by atoms with E-state index in [-0.39, 0.29) is 6.10 Å². The number of hydrogen-bond donors (Lipinski definition) is 1. The van der Waals surface area contributed by atoms with Gasteiger partial charge < -0.3 is 4.74 Å². The molecule has 0 heterocycles. The van der Waals surface area contributed by atoms with Crippen LogP contribution in [0.1, 0.15) is 20.8 Å². The van der Waals surface area contributed by atoms with Crippen LogP contribution in [0.15, 0.2) is 5.11 Å². The van der Waals surface area contributed by atoms with Crippen LogP contribution in [0.4, 0.5) is 0 Å². The first-order valence-corrected chi connectivity index (χ1v) is 3.15. The average molecular weight is 144 g/mol. The number of esters is 1. The first-order chi connectivity index (χ1) is 4.57. The lowest BCUT2D eigenvalue weighted by molar-refractivity contribution is -0.148. The van der Waals surface area contributed by atoms with Crippen molar-refractivity contribution in [1.29, 1.82) is 5.53 Å². The van der Waals surface area contributed by atoms with Crippen molar-refractivity contribution in [3.63, 3.8) is 0 Å². The van der Waals surface area contributed by atoms with Crippen molar-refractivity contribution >= 4 is 5.97 Å². The van der Waals surface area contributed by atoms with Crippen molar-refractivity contribution in [3.8, 4) is 0 Å². The van der Waals surface area contributed by atoms with Crippen LogP contribution in [0, 0.1) is 5.53 Å². The predicted molar refractivity (Wildman–Crippen MR) is 35.8 cm³/mol. The molecule has 1 N–H and O–H groups in total. The summed E-state index contributed by atoms with van der Waals surface area (Å²) in [6, 6.07) is -0.664. The molecule has 1 atom stereocenters. The standard InChI is InChI=1S/C6H12N2O2/c1-4(2)10-6(9)5(3)8-7/h4-5,7H,1-3H3/t5-/m1/s1. The lowest BCUT2D eigenvalue weighted by Gasteiger charge is -2.08. The number of nitrogens with zero attached hydrogens (tertiary/aromatic N) is 1. The van der Waals surface area contributed by atoms with E-state index in [1.807, 2.05) is 0 Å². The predicted octanol–water partition coefficient (Wildman–Crippen LogP) is 1.36. The summed E-state index contributed by atoms with van der Waals surface area (Å²) in [6.45, 7) is 5.04. The van der Waals surface area contributed by atoms with E-state index in [9.17, 15) is 4.79 Å². The highest BCUT2D eigenvalue weighted by molar-refractivity contribution is 5.75. The molecule has 0 aromatic rings. The van der Waals surface area contributed by atoms with Crippen LogP contribution < -0.4 is 0 Å². The summed E-state index contributed by atoms with van der Waals surface area (Å²) in [5.74, 6) is -0.440. The first-order valence-electron chi connectivity index (χ1n) is 3.15. The van der Waals surface area contributed by atoms with Gasteiger partial charge in [-0.25, -0.2) is 10.3 Å². The van der Waals surface area contributed by atoms with Crippen molar-refractivity contribution in [2.75, 3.05) is 0 Å². The fourth-order valence-corrected chi connectivity index (χ4v) is 0.383. The van der Waals surface area contributed by atoms with Gasteiger partial charge in [-0.15, -0.1) is 0 Å². The van der Waals surface area contributed by atoms with Crippen LogP contribution in [0.25, 0.3) is 0 Å². The lowest BCUT2D eigenvalue weighted by Crippen LogP contribution is -2.21. The number of nitrogens with one attached hydrogen (secondary N) is 1. The Morgan fingerprint density at radius 3 is 2.30 bits per heavy atom. The Balaban J connectivity index is 3.73. The third kappa shape index (κ3) is 3.17. The van der Waals surface area contributed by atoms with E-state index < -0.39 is 12.0 Å². The Morgan fingerprint density at radius 2 is 2.00 bits per heavy atom. The Bertz CT molecular complexity index is 134. The maximum absolute atomic E-state index is 10.7. The van der Waals surface area contributed by atoms with E-state index in [2.05, 4.69) is 5.11 Å². The molecule has 10 heavy (non-hydrogen) atoms. The number of rotatable bonds is 3. The molecule has 0 unspecified atom stereocenters. The lowest BCUT2D eigenvalue weighted by atomic mass is 10.3. The molecule has 0 bridgehead atoms. The van der Waals surface area contributed by atoms with Crippen molar-refractivity contribution in [1.82, 2.24) is 0 Å². The quantitative estimate of drug-likeness (QED) is 0.480. The zero-order valence-electron chi connectivity index (χ0n) is 6.42. The molecule has 0 saturated heterocycles. The summed E-state index contributed by atoms with van der Waals surface area (Å²) in [6.07, 6.45) is -0.128. The summed E-state index contributed by atoms with van der Waals surface area (Å²) in [5.41, 5.74) is 6.51. The molecule has 0 aliphatic rings. The van der Waals surface area contributed by atoms with Gasteiger partial charge in [-0.1, -0.05) is 0 Å². The summed E-state index contributed by atoms with van der Waals surface area (Å²) < 4.78 is 4.75. The number of carbonyl (C=O) groups is 1. The minimum atomic E-state index is -0.664. The van der Waals surface area contributed by atoms with Gasteiger partial charge in [-0.05, 0) is 20.8 Å². The van der Waals surface area contributed by atoms with Crippen molar-refractivity contribution < 1.29 is 9.53 Å². The largest absolute Gasteiger partial charge is 0.461 e. The van der Waals surface area contributed by atoms with Gasteiger partial charge >= 0.3 is 5.97 Å². The monoisotopic (exact) mass is 144 g/mol. The van der Waals surface area contributed by atoms with Gasteiger partial charge in [0, 0.05) is 0 Å². The molecular weight excluding hydrogens is 132 g/mol. The minimum Gasteiger partial charge on any atom is -0.461 e. The van der Waals surface area contributed by atoms with Crippen LogP contribution in [0.2, 0.25) is 0 Å². The molecule has 0 amide bonds. The third-order valence-electron chi connectivity index (χ3n) is 0.887. The summed E-state index contributed by atoms with van der Waals surface area (Å²) in [4.78, 5) is 10.7. The van der Waals surface area contributed by atoms with Gasteiger partial charge in [0.05, 0.1) is 6.10 Å². The molecule has 0 rings (SSSR count). The SMILES string of the molecule is CC(C)OC(=O)[C@@H](C)N=N. The third-order valence-corrected chi connectivity index (χ3v) is 0.887. The molecule has 0 fully saturated rings. The molecule has 0 saturated carbocycles. The van der Waals surface area contributed by atoms with Crippen LogP contribution in [-0.2, 0) is 9.53 Å². The van der Waals surface area contributed by atoms with Crippen LogP contribution in [-0.4, -0.2) is 18.1 Å². The molecule has 4 heteroatoms. The van der Waals surface area contributed by atoms with Gasteiger partial charge in [0.15, 0.2) is 6.04 Å². The number of hydrogen-bond acceptors (Lipinski definition) is 4. The summed E-state index contributed by atoms with van der Waals surface area (Å²) in [5, 5.41) is 3.02. The molecule has 4 nitrogen and oxygen atoms in total. The number of carbonyl (C=O) groups excluding carboxylic acids is 1. The van der Waals surface area contributed by atoms with Crippen molar-refractivity contribution in [2.45, 2.75) is 32.9 Å². The summed E-state index contributed by atoms with van der Waals surface area (Å²) in [7, 11) is 0. The highest BCUT2D eigenvalue weighted by Crippen LogP contribution is 1.96. The van der Waals surface area contributed by atoms with Crippen LogP contribution >= 0.6 is 0 Å². The molecule has 0 spiro atoms. The van der Waals surface area contributed by atoms with Crippen LogP contribution in [0.3, 0.4) is 0 Å². The molecule has 58 valence electrons. The van der Waals surface area contributed by atoms with Gasteiger partial charge in [0.25, 0.3) is 0 Å². The summed E-state index contributed by atoms with van der Waals surface area (Å²) >= 11 is 0. The van der Waals surface area contributed by atoms with E-state index in [4.69, 9.17) is 10.3 Å². The van der Waals surface area contributed by atoms with Crippen molar-refractivity contribution in [3.05, 3.63) is 0 Å². The van der Waals surface area contributed by atoms with E-state index in [1.165, 1.54) is 6.92 Å². The van der Waals surface area contributed by atoms with Gasteiger partial charge in [0.2, 0.25) is 0 Å². The minimum absolute atomic E-state index is 0.128. The fraction of sp³-hybridized carbons (Fsp3) is 0.833. The van der Waals surface area contributed by atoms with E-state index in [0.29, 0.717) is 0 Å². The zero-order chi connectivity index (χ0) is 8.15. The van der Waals surface area contributed by atoms with E-state index >= 15 is 0 Å². The second-order valence-corrected chi connectivity index (χ2v) is 2.29. The highest BCUT2D eigenvalue weighted by Gasteiger charge is 2.13. The van der Waals surface area contributed by atoms with Crippen LogP contribution in [0.5, 0.6) is 0 Å². The molecular formula is C6H12N2O2. The molecule has 0 radical (unpaired) electrons.